The van der Waals surface area contributed by atoms with Crippen LogP contribution >= 0.6 is 11.6 Å². The van der Waals surface area contributed by atoms with E-state index >= 15 is 0 Å². The number of carbonyl (C=O) groups is 1. The van der Waals surface area contributed by atoms with Gasteiger partial charge in [-0.3, -0.25) is 4.79 Å². The van der Waals surface area contributed by atoms with Crippen LogP contribution in [-0.4, -0.2) is 23.0 Å². The van der Waals surface area contributed by atoms with E-state index in [-0.39, 0.29) is 5.91 Å². The monoisotopic (exact) mass is 396 g/mol. The number of amides is 1. The van der Waals surface area contributed by atoms with Gasteiger partial charge in [-0.25, -0.2) is 9.97 Å². The predicted octanol–water partition coefficient (Wildman–Crippen LogP) is 3.99. The zero-order valence-corrected chi connectivity index (χ0v) is 16.5. The van der Waals surface area contributed by atoms with Crippen molar-refractivity contribution in [3.05, 3.63) is 82.1 Å². The van der Waals surface area contributed by atoms with E-state index in [1.165, 1.54) is 0 Å². The molecule has 0 spiro atoms. The number of benzene rings is 2. The highest BCUT2D eigenvalue weighted by Crippen LogP contribution is 2.13. The van der Waals surface area contributed by atoms with Gasteiger partial charge in [0.25, 0.3) is 5.91 Å². The van der Waals surface area contributed by atoms with Crippen LogP contribution in [0.4, 0.5) is 5.95 Å². The van der Waals surface area contributed by atoms with Crippen molar-refractivity contribution in [2.45, 2.75) is 20.0 Å². The summed E-state index contributed by atoms with van der Waals surface area (Å²) < 4.78 is 5.15. The zero-order valence-electron chi connectivity index (χ0n) is 15.7. The van der Waals surface area contributed by atoms with Gasteiger partial charge in [-0.2, -0.15) is 0 Å². The number of ether oxygens (including phenoxy) is 1. The van der Waals surface area contributed by atoms with Crippen LogP contribution in [0.15, 0.2) is 54.6 Å². The summed E-state index contributed by atoms with van der Waals surface area (Å²) in [5.41, 5.74) is 3.04. The molecule has 2 aromatic carbocycles. The maximum absolute atomic E-state index is 12.5. The van der Waals surface area contributed by atoms with Crippen LogP contribution < -0.4 is 15.4 Å². The van der Waals surface area contributed by atoms with Gasteiger partial charge < -0.3 is 15.4 Å². The van der Waals surface area contributed by atoms with E-state index in [9.17, 15) is 4.79 Å². The van der Waals surface area contributed by atoms with E-state index in [0.29, 0.717) is 35.4 Å². The van der Waals surface area contributed by atoms with E-state index in [4.69, 9.17) is 16.3 Å². The molecule has 0 aliphatic rings. The Morgan fingerprint density at radius 3 is 2.32 bits per heavy atom. The van der Waals surface area contributed by atoms with Crippen molar-refractivity contribution < 1.29 is 9.53 Å². The molecule has 3 rings (SSSR count). The molecule has 2 N–H and O–H groups in total. The number of rotatable bonds is 7. The normalized spacial score (nSPS) is 10.4. The Labute approximate surface area is 168 Å². The molecule has 1 aromatic heterocycles. The highest BCUT2D eigenvalue weighted by molar-refractivity contribution is 6.30. The third kappa shape index (κ3) is 5.44. The lowest BCUT2D eigenvalue weighted by Crippen LogP contribution is -2.24. The predicted molar refractivity (Wildman–Crippen MR) is 110 cm³/mol. The van der Waals surface area contributed by atoms with E-state index in [2.05, 4.69) is 20.6 Å². The maximum atomic E-state index is 12.5. The van der Waals surface area contributed by atoms with Crippen LogP contribution in [0.5, 0.6) is 5.75 Å². The number of carbonyl (C=O) groups excluding carboxylic acids is 1. The third-order valence-electron chi connectivity index (χ3n) is 4.06. The van der Waals surface area contributed by atoms with Crippen molar-refractivity contribution in [3.63, 3.8) is 0 Å². The summed E-state index contributed by atoms with van der Waals surface area (Å²) in [7, 11) is 1.63. The number of methoxy groups -OCH3 is 1. The molecule has 144 valence electrons. The van der Waals surface area contributed by atoms with Gasteiger partial charge in [0.1, 0.15) is 11.4 Å². The van der Waals surface area contributed by atoms with Crippen molar-refractivity contribution in [2.24, 2.45) is 0 Å². The quantitative estimate of drug-likeness (QED) is 0.631. The summed E-state index contributed by atoms with van der Waals surface area (Å²) in [4.78, 5) is 21.1. The number of aryl methyl sites for hydroxylation is 1. The van der Waals surface area contributed by atoms with Crippen molar-refractivity contribution >= 4 is 23.5 Å². The van der Waals surface area contributed by atoms with E-state index < -0.39 is 0 Å². The number of nitrogens with zero attached hydrogens (tertiary/aromatic N) is 2. The van der Waals surface area contributed by atoms with Crippen LogP contribution in [-0.2, 0) is 13.1 Å². The van der Waals surface area contributed by atoms with Gasteiger partial charge in [0.15, 0.2) is 0 Å². The average molecular weight is 397 g/mol. The minimum atomic E-state index is -0.257. The van der Waals surface area contributed by atoms with Crippen LogP contribution in [0.2, 0.25) is 5.02 Å². The molecule has 0 unspecified atom stereocenters. The fraction of sp³-hybridized carbons (Fsp3) is 0.190. The summed E-state index contributed by atoms with van der Waals surface area (Å²) in [6.45, 7) is 2.77. The van der Waals surface area contributed by atoms with E-state index in [0.717, 1.165) is 16.9 Å². The fourth-order valence-corrected chi connectivity index (χ4v) is 2.69. The van der Waals surface area contributed by atoms with Gasteiger partial charge in [0.05, 0.1) is 7.11 Å². The second-order valence-electron chi connectivity index (χ2n) is 6.23. The Morgan fingerprint density at radius 1 is 1.00 bits per heavy atom. The van der Waals surface area contributed by atoms with Crippen LogP contribution in [0.1, 0.15) is 27.3 Å². The SMILES string of the molecule is COc1ccc(CNc2nc(C)cc(C(=O)NCc3ccc(Cl)cc3)n2)cc1. The largest absolute Gasteiger partial charge is 0.497 e. The molecule has 28 heavy (non-hydrogen) atoms. The standard InChI is InChI=1S/C21H21ClN4O2/c1-14-11-19(20(27)23-12-15-3-7-17(22)8-4-15)26-21(25-14)24-13-16-5-9-18(28-2)10-6-16/h3-11H,12-13H2,1-2H3,(H,23,27)(H,24,25,26). The Bertz CT molecular complexity index is 944. The van der Waals surface area contributed by atoms with Gasteiger partial charge in [-0.15, -0.1) is 0 Å². The Balaban J connectivity index is 1.62. The van der Waals surface area contributed by atoms with E-state index in [1.807, 2.05) is 43.3 Å². The maximum Gasteiger partial charge on any atom is 0.270 e. The minimum Gasteiger partial charge on any atom is -0.497 e. The second kappa shape index (κ2) is 9.19. The third-order valence-corrected chi connectivity index (χ3v) is 4.31. The molecule has 0 bridgehead atoms. The summed E-state index contributed by atoms with van der Waals surface area (Å²) in [5.74, 6) is 0.954. The second-order valence-corrected chi connectivity index (χ2v) is 6.67. The molecule has 0 aliphatic carbocycles. The van der Waals surface area contributed by atoms with Gasteiger partial charge in [0.2, 0.25) is 5.95 Å². The van der Waals surface area contributed by atoms with Gasteiger partial charge >= 0.3 is 0 Å². The summed E-state index contributed by atoms with van der Waals surface area (Å²) in [6, 6.07) is 16.7. The molecule has 0 saturated heterocycles. The highest BCUT2D eigenvalue weighted by Gasteiger charge is 2.10. The molecule has 6 nitrogen and oxygen atoms in total. The first-order valence-electron chi connectivity index (χ1n) is 8.78. The lowest BCUT2D eigenvalue weighted by atomic mass is 10.2. The molecule has 0 radical (unpaired) electrons. The number of hydrogen-bond donors (Lipinski definition) is 2. The molecular formula is C21H21ClN4O2. The molecule has 0 aliphatic heterocycles. The lowest BCUT2D eigenvalue weighted by Gasteiger charge is -2.09. The molecule has 0 atom stereocenters. The molecule has 1 heterocycles. The van der Waals surface area contributed by atoms with Crippen LogP contribution in [0.25, 0.3) is 0 Å². The number of anilines is 1. The fourth-order valence-electron chi connectivity index (χ4n) is 2.56. The highest BCUT2D eigenvalue weighted by atomic mass is 35.5. The summed E-state index contributed by atoms with van der Waals surface area (Å²) >= 11 is 5.88. The number of hydrogen-bond acceptors (Lipinski definition) is 5. The van der Waals surface area contributed by atoms with Crippen molar-refractivity contribution in [1.82, 2.24) is 15.3 Å². The van der Waals surface area contributed by atoms with Crippen LogP contribution in [0, 0.1) is 6.92 Å². The van der Waals surface area contributed by atoms with Crippen molar-refractivity contribution in [3.8, 4) is 5.75 Å². The smallest absolute Gasteiger partial charge is 0.270 e. The Morgan fingerprint density at radius 2 is 1.64 bits per heavy atom. The number of nitrogens with one attached hydrogen (secondary N) is 2. The molecule has 7 heteroatoms. The summed E-state index contributed by atoms with van der Waals surface area (Å²) in [6.07, 6.45) is 0. The zero-order chi connectivity index (χ0) is 19.9. The Hall–Kier alpha value is -3.12. The van der Waals surface area contributed by atoms with Crippen molar-refractivity contribution in [2.75, 3.05) is 12.4 Å². The number of halogens is 1. The van der Waals surface area contributed by atoms with Gasteiger partial charge in [0, 0.05) is 23.8 Å². The Kier molecular flexibility index (Phi) is 6.45. The molecule has 0 saturated carbocycles. The van der Waals surface area contributed by atoms with Gasteiger partial charge in [-0.1, -0.05) is 35.9 Å². The first kappa shape index (κ1) is 19.6. The lowest BCUT2D eigenvalue weighted by molar-refractivity contribution is 0.0945. The molecular weight excluding hydrogens is 376 g/mol. The van der Waals surface area contributed by atoms with Gasteiger partial charge in [-0.05, 0) is 48.4 Å². The molecule has 0 fully saturated rings. The first-order valence-corrected chi connectivity index (χ1v) is 9.16. The van der Waals surface area contributed by atoms with Crippen LogP contribution in [0.3, 0.4) is 0 Å². The first-order chi connectivity index (χ1) is 13.5. The average Bonchev–Trinajstić information content (AvgIpc) is 2.71. The summed E-state index contributed by atoms with van der Waals surface area (Å²) in [5, 5.41) is 6.68. The minimum absolute atomic E-state index is 0.257. The topological polar surface area (TPSA) is 76.1 Å². The molecule has 1 amide bonds. The van der Waals surface area contributed by atoms with Crippen molar-refractivity contribution in [1.29, 1.82) is 0 Å². The van der Waals surface area contributed by atoms with E-state index in [1.54, 1.807) is 25.3 Å². The number of aromatic nitrogens is 2. The molecule has 3 aromatic rings.